The van der Waals surface area contributed by atoms with Gasteiger partial charge in [0.15, 0.2) is 5.03 Å². The maximum atomic E-state index is 12.8. The molecular formula is C20H39BN6O6. The predicted molar refractivity (Wildman–Crippen MR) is 127 cm³/mol. The van der Waals surface area contributed by atoms with Crippen LogP contribution in [0.25, 0.3) is 0 Å². The monoisotopic (exact) mass is 470 g/mol. The number of allylic oxidation sites excluding steroid dienone is 1. The molecule has 0 saturated heterocycles. The summed E-state index contributed by atoms with van der Waals surface area (Å²) >= 11 is 0. The largest absolute Gasteiger partial charge is 0.475 e. The molecule has 33 heavy (non-hydrogen) atoms. The summed E-state index contributed by atoms with van der Waals surface area (Å²) in [6.07, 6.45) is 9.05. The van der Waals surface area contributed by atoms with E-state index < -0.39 is 41.9 Å². The van der Waals surface area contributed by atoms with Crippen molar-refractivity contribution in [1.82, 2.24) is 21.4 Å². The molecule has 13 heteroatoms. The summed E-state index contributed by atoms with van der Waals surface area (Å²) in [6, 6.07) is -0.949. The van der Waals surface area contributed by atoms with Crippen LogP contribution in [0, 0.1) is 21.4 Å². The Bertz CT molecular complexity index is 647. The van der Waals surface area contributed by atoms with Gasteiger partial charge in [-0.2, -0.15) is 0 Å². The Hall–Kier alpha value is -2.67. The van der Waals surface area contributed by atoms with E-state index in [1.807, 2.05) is 13.8 Å². The number of nitro groups is 1. The van der Waals surface area contributed by atoms with Crippen molar-refractivity contribution in [1.29, 1.82) is 5.41 Å². The molecule has 0 unspecified atom stereocenters. The number of amides is 2. The molecule has 12 nitrogen and oxygen atoms in total. The van der Waals surface area contributed by atoms with E-state index in [9.17, 15) is 29.8 Å². The molecule has 0 spiro atoms. The van der Waals surface area contributed by atoms with Gasteiger partial charge in [0.2, 0.25) is 11.8 Å². The number of hydrazine groups is 1. The average Bonchev–Trinajstić information content (AvgIpc) is 2.71. The summed E-state index contributed by atoms with van der Waals surface area (Å²) in [4.78, 5) is 35.4. The number of unbranched alkanes of at least 4 members (excludes halogenated alkanes) is 4. The van der Waals surface area contributed by atoms with Crippen LogP contribution in [0.2, 0.25) is 0 Å². The molecule has 0 rings (SSSR count). The number of carbonyl (C=O) groups is 2. The van der Waals surface area contributed by atoms with Crippen molar-refractivity contribution in [2.45, 2.75) is 84.1 Å². The van der Waals surface area contributed by atoms with Gasteiger partial charge in [0.1, 0.15) is 6.04 Å². The fourth-order valence-corrected chi connectivity index (χ4v) is 3.06. The van der Waals surface area contributed by atoms with Crippen LogP contribution in [0.15, 0.2) is 12.2 Å². The molecule has 0 aromatic heterocycles. The lowest BCUT2D eigenvalue weighted by Gasteiger charge is -2.24. The van der Waals surface area contributed by atoms with Gasteiger partial charge in [-0.25, -0.2) is 10.1 Å². The van der Waals surface area contributed by atoms with Gasteiger partial charge in [0.25, 0.3) is 5.96 Å². The average molecular weight is 470 g/mol. The SMILES string of the molecule is CCCCCC/C=C/C(=O)N[C@@H](CCCNC(=N)N[N+](=O)[O-])C(=O)N[C@@H](CC(C)C)B(O)O. The maximum Gasteiger partial charge on any atom is 0.475 e. The van der Waals surface area contributed by atoms with Gasteiger partial charge >= 0.3 is 7.12 Å². The smallest absolute Gasteiger partial charge is 0.426 e. The Morgan fingerprint density at radius 1 is 1.15 bits per heavy atom. The highest BCUT2D eigenvalue weighted by Crippen LogP contribution is 2.07. The Labute approximate surface area is 195 Å². The third-order valence-corrected chi connectivity index (χ3v) is 4.71. The zero-order chi connectivity index (χ0) is 25.2. The molecule has 0 aliphatic rings. The van der Waals surface area contributed by atoms with Crippen molar-refractivity contribution < 1.29 is 24.7 Å². The summed E-state index contributed by atoms with van der Waals surface area (Å²) in [6.45, 7) is 6.04. The second-order valence-corrected chi connectivity index (χ2v) is 8.28. The van der Waals surface area contributed by atoms with Crippen LogP contribution in [-0.2, 0) is 9.59 Å². The van der Waals surface area contributed by atoms with Gasteiger partial charge in [0, 0.05) is 6.54 Å². The molecule has 188 valence electrons. The van der Waals surface area contributed by atoms with E-state index in [2.05, 4.69) is 22.9 Å². The normalized spacial score (nSPS) is 12.8. The van der Waals surface area contributed by atoms with E-state index in [0.717, 1.165) is 32.1 Å². The van der Waals surface area contributed by atoms with Crippen molar-refractivity contribution in [3.8, 4) is 0 Å². The molecule has 2 amide bonds. The van der Waals surface area contributed by atoms with Crippen molar-refractivity contribution in [3.05, 3.63) is 22.3 Å². The highest BCUT2D eigenvalue weighted by molar-refractivity contribution is 6.43. The molecule has 0 bridgehead atoms. The highest BCUT2D eigenvalue weighted by atomic mass is 16.7. The Kier molecular flexibility index (Phi) is 16.4. The number of guanidine groups is 1. The van der Waals surface area contributed by atoms with Gasteiger partial charge in [-0.1, -0.05) is 51.5 Å². The van der Waals surface area contributed by atoms with Gasteiger partial charge in [-0.05, 0) is 44.1 Å². The lowest BCUT2D eigenvalue weighted by molar-refractivity contribution is -0.525. The van der Waals surface area contributed by atoms with E-state index >= 15 is 0 Å². The number of rotatable bonds is 17. The van der Waals surface area contributed by atoms with E-state index in [4.69, 9.17) is 5.41 Å². The molecule has 0 aromatic rings. The van der Waals surface area contributed by atoms with Crippen molar-refractivity contribution in [2.75, 3.05) is 6.54 Å². The Morgan fingerprint density at radius 2 is 1.85 bits per heavy atom. The lowest BCUT2D eigenvalue weighted by atomic mass is 9.75. The molecule has 0 aromatic carbocycles. The summed E-state index contributed by atoms with van der Waals surface area (Å²) in [5.41, 5.74) is 1.66. The van der Waals surface area contributed by atoms with E-state index in [-0.39, 0.29) is 18.9 Å². The third kappa shape index (κ3) is 16.6. The van der Waals surface area contributed by atoms with Gasteiger partial charge in [0.05, 0.1) is 5.94 Å². The third-order valence-electron chi connectivity index (χ3n) is 4.71. The van der Waals surface area contributed by atoms with Crippen LogP contribution >= 0.6 is 0 Å². The maximum absolute atomic E-state index is 12.8. The minimum atomic E-state index is -1.74. The molecule has 0 saturated carbocycles. The molecule has 0 heterocycles. The fourth-order valence-electron chi connectivity index (χ4n) is 3.06. The number of hydrogen-bond donors (Lipinski definition) is 7. The zero-order valence-electron chi connectivity index (χ0n) is 19.8. The standard InChI is InChI=1S/C20H39BN6O6/c1-4-5-6-7-8-9-12-18(28)24-16(11-10-13-23-20(22)26-27(32)33)19(29)25-17(21(30)31)14-15(2)3/h9,12,15-17,30-31H,4-8,10-11,13-14H2,1-3H3,(H,24,28)(H,25,29)(H3,22,23,26)/b12-9+/t16-,17-/m0/s1. The second-order valence-electron chi connectivity index (χ2n) is 8.28. The Balaban J connectivity index is 4.93. The van der Waals surface area contributed by atoms with Crippen molar-refractivity contribution >= 4 is 24.9 Å². The molecule has 0 fully saturated rings. The lowest BCUT2D eigenvalue weighted by Crippen LogP contribution is -2.54. The van der Waals surface area contributed by atoms with Gasteiger partial charge in [-0.15, -0.1) is 0 Å². The Morgan fingerprint density at radius 3 is 2.42 bits per heavy atom. The second kappa shape index (κ2) is 17.8. The summed E-state index contributed by atoms with van der Waals surface area (Å²) in [5, 5.41) is 43.7. The first-order valence-corrected chi connectivity index (χ1v) is 11.4. The minimum Gasteiger partial charge on any atom is -0.426 e. The van der Waals surface area contributed by atoms with Crippen LogP contribution < -0.4 is 21.4 Å². The van der Waals surface area contributed by atoms with Gasteiger partial charge in [-0.3, -0.25) is 15.0 Å². The number of hydrogen-bond acceptors (Lipinski definition) is 7. The summed E-state index contributed by atoms with van der Waals surface area (Å²) in [7, 11) is -1.74. The van der Waals surface area contributed by atoms with Gasteiger partial charge < -0.3 is 26.0 Å². The van der Waals surface area contributed by atoms with Crippen molar-refractivity contribution in [3.63, 3.8) is 0 Å². The van der Waals surface area contributed by atoms with Crippen LogP contribution in [0.1, 0.15) is 72.1 Å². The quantitative estimate of drug-likeness (QED) is 0.0306. The first-order chi connectivity index (χ1) is 15.6. The van der Waals surface area contributed by atoms with Crippen LogP contribution in [0.4, 0.5) is 0 Å². The summed E-state index contributed by atoms with van der Waals surface area (Å²) in [5.74, 6) is -2.27. The van der Waals surface area contributed by atoms with E-state index in [0.29, 0.717) is 12.8 Å². The number of carbonyl (C=O) groups excluding carboxylic acids is 2. The fraction of sp³-hybridized carbons (Fsp3) is 0.750. The van der Waals surface area contributed by atoms with Crippen LogP contribution in [0.3, 0.4) is 0 Å². The predicted octanol–water partition coefficient (Wildman–Crippen LogP) is 0.627. The first kappa shape index (κ1) is 30.3. The van der Waals surface area contributed by atoms with Crippen LogP contribution in [-0.4, -0.2) is 58.5 Å². The highest BCUT2D eigenvalue weighted by Gasteiger charge is 2.29. The number of nitrogens with one attached hydrogen (secondary N) is 5. The minimum absolute atomic E-state index is 0.102. The van der Waals surface area contributed by atoms with Crippen molar-refractivity contribution in [2.24, 2.45) is 5.92 Å². The zero-order valence-corrected chi connectivity index (χ0v) is 19.8. The summed E-state index contributed by atoms with van der Waals surface area (Å²) < 4.78 is 0. The first-order valence-electron chi connectivity index (χ1n) is 11.4. The molecule has 7 N–H and O–H groups in total. The van der Waals surface area contributed by atoms with E-state index in [1.165, 1.54) is 6.08 Å². The molecule has 2 atom stereocenters. The van der Waals surface area contributed by atoms with Crippen LogP contribution in [0.5, 0.6) is 0 Å². The van der Waals surface area contributed by atoms with E-state index in [1.54, 1.807) is 11.5 Å². The molecule has 0 aliphatic heterocycles. The topological polar surface area (TPSA) is 190 Å². The molecule has 0 aliphatic carbocycles. The number of nitrogens with zero attached hydrogens (tertiary/aromatic N) is 1. The molecule has 0 radical (unpaired) electrons. The molecular weight excluding hydrogens is 431 g/mol.